The minimum absolute atomic E-state index is 0.0806. The van der Waals surface area contributed by atoms with Gasteiger partial charge in [0.1, 0.15) is 6.04 Å². The fourth-order valence-electron chi connectivity index (χ4n) is 5.49. The van der Waals surface area contributed by atoms with E-state index in [1.165, 1.54) is 0 Å². The predicted molar refractivity (Wildman–Crippen MR) is 126 cm³/mol. The van der Waals surface area contributed by atoms with Crippen molar-refractivity contribution >= 4 is 11.9 Å². The van der Waals surface area contributed by atoms with Crippen LogP contribution in [0.15, 0.2) is 18.3 Å². The zero-order chi connectivity index (χ0) is 24.3. The van der Waals surface area contributed by atoms with Crippen molar-refractivity contribution in [2.24, 2.45) is 17.3 Å². The molecule has 33 heavy (non-hydrogen) atoms. The Kier molecular flexibility index (Phi) is 8.04. The highest BCUT2D eigenvalue weighted by atomic mass is 16.5. The Hall–Kier alpha value is -2.15. The molecule has 184 valence electrons. The zero-order valence-corrected chi connectivity index (χ0v) is 20.9. The number of likely N-dealkylation sites (tertiary alicyclic amines) is 1. The van der Waals surface area contributed by atoms with Crippen molar-refractivity contribution in [3.8, 4) is 5.88 Å². The van der Waals surface area contributed by atoms with Gasteiger partial charge in [0.25, 0.3) is 0 Å². The number of hydrogen-bond donors (Lipinski definition) is 1. The average Bonchev–Trinajstić information content (AvgIpc) is 3.07. The molecule has 1 aliphatic carbocycles. The molecule has 1 aliphatic heterocycles. The van der Waals surface area contributed by atoms with E-state index in [4.69, 9.17) is 9.47 Å². The number of carbonyl (C=O) groups is 2. The van der Waals surface area contributed by atoms with Gasteiger partial charge in [-0.15, -0.1) is 0 Å². The van der Waals surface area contributed by atoms with Crippen molar-refractivity contribution in [2.75, 3.05) is 6.61 Å². The van der Waals surface area contributed by atoms with Crippen LogP contribution in [-0.4, -0.2) is 51.7 Å². The van der Waals surface area contributed by atoms with Crippen LogP contribution in [0.1, 0.15) is 85.3 Å². The van der Waals surface area contributed by atoms with Crippen LogP contribution in [0.2, 0.25) is 0 Å². The smallest absolute Gasteiger partial charge is 0.329 e. The molecule has 1 N–H and O–H groups in total. The first-order chi connectivity index (χ1) is 15.6. The molecule has 0 unspecified atom stereocenters. The van der Waals surface area contributed by atoms with Gasteiger partial charge in [0.05, 0.1) is 24.9 Å². The van der Waals surface area contributed by atoms with Crippen molar-refractivity contribution in [3.05, 3.63) is 23.9 Å². The number of nitrogens with zero attached hydrogens (tertiary/aromatic N) is 2. The number of pyridine rings is 1. The van der Waals surface area contributed by atoms with Gasteiger partial charge >= 0.3 is 5.97 Å². The van der Waals surface area contributed by atoms with Crippen molar-refractivity contribution < 1.29 is 24.2 Å². The van der Waals surface area contributed by atoms with E-state index < -0.39 is 35.5 Å². The van der Waals surface area contributed by atoms with E-state index in [1.807, 2.05) is 40.7 Å². The molecule has 7 nitrogen and oxygen atoms in total. The van der Waals surface area contributed by atoms with Crippen molar-refractivity contribution in [1.82, 2.24) is 9.88 Å². The van der Waals surface area contributed by atoms with E-state index in [2.05, 4.69) is 4.98 Å². The number of carbonyl (C=O) groups excluding carboxylic acids is 2. The molecule has 1 aromatic rings. The largest absolute Gasteiger partial charge is 0.475 e. The molecule has 0 bridgehead atoms. The molecule has 2 heterocycles. The third kappa shape index (κ3) is 5.34. The highest BCUT2D eigenvalue weighted by molar-refractivity contribution is 5.88. The summed E-state index contributed by atoms with van der Waals surface area (Å²) in [5.41, 5.74) is 0.182. The number of esters is 1. The van der Waals surface area contributed by atoms with Crippen molar-refractivity contribution in [2.45, 2.75) is 97.9 Å². The summed E-state index contributed by atoms with van der Waals surface area (Å²) in [5, 5.41) is 11.7. The van der Waals surface area contributed by atoms with E-state index >= 15 is 0 Å². The van der Waals surface area contributed by atoms with Crippen LogP contribution in [-0.2, 0) is 14.3 Å². The van der Waals surface area contributed by atoms with E-state index in [0.29, 0.717) is 11.4 Å². The maximum atomic E-state index is 14.0. The Balaban J connectivity index is 2.16. The lowest BCUT2D eigenvalue weighted by atomic mass is 9.74. The van der Waals surface area contributed by atoms with Crippen molar-refractivity contribution in [1.29, 1.82) is 0 Å². The molecule has 0 aromatic carbocycles. The lowest BCUT2D eigenvalue weighted by Crippen LogP contribution is -2.49. The van der Waals surface area contributed by atoms with Gasteiger partial charge in [-0.25, -0.2) is 9.78 Å². The van der Waals surface area contributed by atoms with Gasteiger partial charge in [-0.1, -0.05) is 40.0 Å². The SMILES string of the molecule is CCOC(=O)[C@@H]1[C@@H](C(C)(C)C)[C@H](O)[C@H](c2cccnc2OC(C)C)N1C(=O)C1CCCCC1. The number of aromatic nitrogens is 1. The minimum atomic E-state index is -0.967. The van der Waals surface area contributed by atoms with Crippen LogP contribution in [0.3, 0.4) is 0 Å². The lowest BCUT2D eigenvalue weighted by molar-refractivity contribution is -0.158. The van der Waals surface area contributed by atoms with E-state index in [-0.39, 0.29) is 24.5 Å². The van der Waals surface area contributed by atoms with Crippen LogP contribution < -0.4 is 4.74 Å². The van der Waals surface area contributed by atoms with E-state index in [1.54, 1.807) is 24.1 Å². The first kappa shape index (κ1) is 25.5. The number of ether oxygens (including phenoxy) is 2. The second-order valence-corrected chi connectivity index (χ2v) is 10.7. The quantitative estimate of drug-likeness (QED) is 0.637. The summed E-state index contributed by atoms with van der Waals surface area (Å²) in [6.07, 6.45) is 5.27. The zero-order valence-electron chi connectivity index (χ0n) is 20.9. The van der Waals surface area contributed by atoms with E-state index in [9.17, 15) is 14.7 Å². The maximum absolute atomic E-state index is 14.0. The molecule has 3 rings (SSSR count). The normalized spacial score (nSPS) is 26.5. The minimum Gasteiger partial charge on any atom is -0.475 e. The summed E-state index contributed by atoms with van der Waals surface area (Å²) in [7, 11) is 0. The first-order valence-electron chi connectivity index (χ1n) is 12.4. The maximum Gasteiger partial charge on any atom is 0.329 e. The predicted octanol–water partition coefficient (Wildman–Crippen LogP) is 4.29. The van der Waals surface area contributed by atoms with E-state index in [0.717, 1.165) is 32.1 Å². The third-order valence-electron chi connectivity index (χ3n) is 6.83. The summed E-state index contributed by atoms with van der Waals surface area (Å²) in [6.45, 7) is 11.8. The number of aliphatic hydroxyl groups excluding tert-OH is 1. The van der Waals surface area contributed by atoms with Crippen LogP contribution in [0.5, 0.6) is 5.88 Å². The van der Waals surface area contributed by atoms with Gasteiger partial charge in [-0.2, -0.15) is 0 Å². The molecule has 1 saturated carbocycles. The molecule has 1 amide bonds. The molecule has 0 spiro atoms. The Morgan fingerprint density at radius 2 is 1.88 bits per heavy atom. The molecule has 2 aliphatic rings. The fraction of sp³-hybridized carbons (Fsp3) is 0.731. The molecule has 1 saturated heterocycles. The van der Waals surface area contributed by atoms with Crippen LogP contribution in [0.4, 0.5) is 0 Å². The summed E-state index contributed by atoms with van der Waals surface area (Å²) in [6, 6.07) is 2.02. The number of amides is 1. The first-order valence-corrected chi connectivity index (χ1v) is 12.4. The van der Waals surface area contributed by atoms with Gasteiger partial charge in [0.2, 0.25) is 11.8 Å². The van der Waals surface area contributed by atoms with Crippen LogP contribution in [0.25, 0.3) is 0 Å². The van der Waals surface area contributed by atoms with Gasteiger partial charge in [0, 0.05) is 23.6 Å². The Labute approximate surface area is 197 Å². The van der Waals surface area contributed by atoms with Crippen LogP contribution in [0, 0.1) is 17.3 Å². The fourth-order valence-corrected chi connectivity index (χ4v) is 5.49. The molecular formula is C26H40N2O5. The van der Waals surface area contributed by atoms with Gasteiger partial charge < -0.3 is 19.5 Å². The topological polar surface area (TPSA) is 89.0 Å². The van der Waals surface area contributed by atoms with Gasteiger partial charge in [-0.05, 0) is 51.2 Å². The molecule has 0 radical (unpaired) electrons. The number of rotatable bonds is 6. The standard InChI is InChI=1S/C26H40N2O5/c1-7-32-25(31)21-19(26(4,5)6)22(29)20(18-14-11-15-27-23(18)33-16(2)3)28(21)24(30)17-12-9-8-10-13-17/h11,14-17,19-22,29H,7-10,12-13H2,1-6H3/t19-,20+,21+,22+/m1/s1. The molecule has 2 fully saturated rings. The van der Waals surface area contributed by atoms with Gasteiger partial charge in [-0.3, -0.25) is 4.79 Å². The summed E-state index contributed by atoms with van der Waals surface area (Å²) in [5.74, 6) is -0.812. The second kappa shape index (κ2) is 10.4. The molecule has 4 atom stereocenters. The highest BCUT2D eigenvalue weighted by Gasteiger charge is 2.59. The molecule has 1 aromatic heterocycles. The third-order valence-corrected chi connectivity index (χ3v) is 6.83. The number of hydrogen-bond acceptors (Lipinski definition) is 6. The summed E-state index contributed by atoms with van der Waals surface area (Å²) < 4.78 is 11.4. The lowest BCUT2D eigenvalue weighted by Gasteiger charge is -2.36. The Morgan fingerprint density at radius 3 is 2.45 bits per heavy atom. The monoisotopic (exact) mass is 460 g/mol. The van der Waals surface area contributed by atoms with Crippen LogP contribution >= 0.6 is 0 Å². The Morgan fingerprint density at radius 1 is 1.21 bits per heavy atom. The van der Waals surface area contributed by atoms with Gasteiger partial charge in [0.15, 0.2) is 0 Å². The highest BCUT2D eigenvalue weighted by Crippen LogP contribution is 2.50. The molecule has 7 heteroatoms. The Bertz CT molecular complexity index is 828. The second-order valence-electron chi connectivity index (χ2n) is 10.7. The summed E-state index contributed by atoms with van der Waals surface area (Å²) >= 11 is 0. The van der Waals surface area contributed by atoms with Crippen molar-refractivity contribution in [3.63, 3.8) is 0 Å². The average molecular weight is 461 g/mol. The summed E-state index contributed by atoms with van der Waals surface area (Å²) in [4.78, 5) is 33.3. The molecular weight excluding hydrogens is 420 g/mol. The number of aliphatic hydroxyl groups is 1.